The van der Waals surface area contributed by atoms with Gasteiger partial charge in [0.25, 0.3) is 0 Å². The number of Topliss-reactive ketones (excluding diaryl/α,β-unsaturated/α-hetero) is 1. The van der Waals surface area contributed by atoms with Gasteiger partial charge in [-0.15, -0.1) is 0 Å². The van der Waals surface area contributed by atoms with Gasteiger partial charge in [-0.3, -0.25) is 9.59 Å². The van der Waals surface area contributed by atoms with Gasteiger partial charge in [-0.1, -0.05) is 36.4 Å². The normalized spacial score (nSPS) is 10.4. The van der Waals surface area contributed by atoms with Crippen molar-refractivity contribution in [1.82, 2.24) is 0 Å². The second-order valence-electron chi connectivity index (χ2n) is 4.36. The van der Waals surface area contributed by atoms with E-state index in [1.165, 1.54) is 18.9 Å². The van der Waals surface area contributed by atoms with Crippen LogP contribution in [-0.2, 0) is 9.53 Å². The smallest absolute Gasteiger partial charge is 0.306 e. The summed E-state index contributed by atoms with van der Waals surface area (Å²) in [6.45, 7) is 0. The lowest BCUT2D eigenvalue weighted by atomic mass is 10.1. The van der Waals surface area contributed by atoms with Gasteiger partial charge in [-0.25, -0.2) is 0 Å². The monoisotopic (exact) mass is 288 g/mol. The second kappa shape index (κ2) is 7.10. The Bertz CT molecular complexity index is 622. The van der Waals surface area contributed by atoms with E-state index >= 15 is 0 Å². The second-order valence-corrected chi connectivity index (χ2v) is 5.47. The van der Waals surface area contributed by atoms with Crippen molar-refractivity contribution in [2.24, 2.45) is 0 Å². The Balaban J connectivity index is 1.92. The zero-order valence-electron chi connectivity index (χ0n) is 11.3. The molecule has 0 unspecified atom stereocenters. The fourth-order valence-electron chi connectivity index (χ4n) is 1.87. The first kappa shape index (κ1) is 14.6. The first-order valence-corrected chi connectivity index (χ1v) is 7.53. The van der Waals surface area contributed by atoms with Crippen molar-refractivity contribution in [3.05, 3.63) is 48.0 Å². The molecule has 0 radical (unpaired) electrons. The molecule has 0 amide bonds. The Labute approximate surface area is 122 Å². The molecule has 0 aliphatic heterocycles. The molecule has 3 nitrogen and oxygen atoms in total. The number of fused-ring (bicyclic) bond motifs is 1. The van der Waals surface area contributed by atoms with Crippen LogP contribution in [0.15, 0.2) is 42.5 Å². The van der Waals surface area contributed by atoms with Crippen molar-refractivity contribution >= 4 is 34.3 Å². The van der Waals surface area contributed by atoms with E-state index in [1.54, 1.807) is 0 Å². The van der Waals surface area contributed by atoms with E-state index < -0.39 is 0 Å². The highest BCUT2D eigenvalue weighted by Gasteiger charge is 2.07. The maximum absolute atomic E-state index is 12.1. The van der Waals surface area contributed by atoms with E-state index in [1.807, 2.05) is 42.5 Å². The minimum absolute atomic E-state index is 0.0885. The Hall–Kier alpha value is -1.81. The van der Waals surface area contributed by atoms with Crippen LogP contribution < -0.4 is 0 Å². The number of hydrogen-bond donors (Lipinski definition) is 0. The molecule has 0 atom stereocenters. The zero-order valence-corrected chi connectivity index (χ0v) is 12.1. The predicted molar refractivity (Wildman–Crippen MR) is 82.2 cm³/mol. The summed E-state index contributed by atoms with van der Waals surface area (Å²) < 4.78 is 4.55. The standard InChI is InChI=1S/C16H16O3S/c1-19-16(18)8-9-20-11-15(17)14-7-6-12-4-2-3-5-13(12)10-14/h2-7,10H,8-9,11H2,1H3. The van der Waals surface area contributed by atoms with Crippen LogP contribution in [0.1, 0.15) is 16.8 Å². The fraction of sp³-hybridized carbons (Fsp3) is 0.250. The van der Waals surface area contributed by atoms with Crippen LogP contribution in [0.4, 0.5) is 0 Å². The molecule has 20 heavy (non-hydrogen) atoms. The van der Waals surface area contributed by atoms with Crippen LogP contribution in [0.2, 0.25) is 0 Å². The molecule has 0 fully saturated rings. The van der Waals surface area contributed by atoms with Crippen molar-refractivity contribution in [1.29, 1.82) is 0 Å². The maximum Gasteiger partial charge on any atom is 0.306 e. The number of carbonyl (C=O) groups is 2. The summed E-state index contributed by atoms with van der Waals surface area (Å²) in [6, 6.07) is 13.7. The number of ketones is 1. The van der Waals surface area contributed by atoms with Crippen LogP contribution in [0.3, 0.4) is 0 Å². The average Bonchev–Trinajstić information content (AvgIpc) is 2.50. The number of methoxy groups -OCH3 is 1. The van der Waals surface area contributed by atoms with E-state index in [2.05, 4.69) is 4.74 Å². The van der Waals surface area contributed by atoms with E-state index in [9.17, 15) is 9.59 Å². The Morgan fingerprint density at radius 1 is 1.10 bits per heavy atom. The fourth-order valence-corrected chi connectivity index (χ4v) is 2.68. The number of rotatable bonds is 6. The Morgan fingerprint density at radius 3 is 2.60 bits per heavy atom. The molecule has 0 spiro atoms. The molecule has 0 N–H and O–H groups in total. The molecule has 104 valence electrons. The van der Waals surface area contributed by atoms with Gasteiger partial charge in [-0.05, 0) is 16.8 Å². The summed E-state index contributed by atoms with van der Waals surface area (Å²) in [4.78, 5) is 23.0. The molecule has 0 aromatic heterocycles. The molecule has 4 heteroatoms. The van der Waals surface area contributed by atoms with Gasteiger partial charge in [0.15, 0.2) is 5.78 Å². The summed E-state index contributed by atoms with van der Waals surface area (Å²) in [5, 5.41) is 2.19. The SMILES string of the molecule is COC(=O)CCSCC(=O)c1ccc2ccccc2c1. The first-order valence-electron chi connectivity index (χ1n) is 6.37. The van der Waals surface area contributed by atoms with Crippen LogP contribution in [0.5, 0.6) is 0 Å². The van der Waals surface area contributed by atoms with Gasteiger partial charge in [0.05, 0.1) is 19.3 Å². The highest BCUT2D eigenvalue weighted by molar-refractivity contribution is 8.00. The third-order valence-electron chi connectivity index (χ3n) is 2.98. The third kappa shape index (κ3) is 3.84. The highest BCUT2D eigenvalue weighted by atomic mass is 32.2. The minimum Gasteiger partial charge on any atom is -0.469 e. The largest absolute Gasteiger partial charge is 0.469 e. The number of carbonyl (C=O) groups excluding carboxylic acids is 2. The van der Waals surface area contributed by atoms with Crippen molar-refractivity contribution in [2.75, 3.05) is 18.6 Å². The summed E-state index contributed by atoms with van der Waals surface area (Å²) in [5.74, 6) is 0.836. The third-order valence-corrected chi connectivity index (χ3v) is 3.94. The van der Waals surface area contributed by atoms with Crippen LogP contribution in [0.25, 0.3) is 10.8 Å². The zero-order chi connectivity index (χ0) is 14.4. The molecular weight excluding hydrogens is 272 g/mol. The number of hydrogen-bond acceptors (Lipinski definition) is 4. The molecule has 0 heterocycles. The molecule has 0 saturated heterocycles. The van der Waals surface area contributed by atoms with Gasteiger partial charge in [0.2, 0.25) is 0 Å². The molecular formula is C16H16O3S. The van der Waals surface area contributed by atoms with Crippen molar-refractivity contribution in [3.63, 3.8) is 0 Å². The van der Waals surface area contributed by atoms with E-state index in [-0.39, 0.29) is 11.8 Å². The summed E-state index contributed by atoms with van der Waals surface area (Å²) >= 11 is 1.45. The summed E-state index contributed by atoms with van der Waals surface area (Å²) in [5.41, 5.74) is 0.717. The van der Waals surface area contributed by atoms with Crippen molar-refractivity contribution in [2.45, 2.75) is 6.42 Å². The van der Waals surface area contributed by atoms with E-state index in [0.29, 0.717) is 23.5 Å². The molecule has 2 rings (SSSR count). The maximum atomic E-state index is 12.1. The molecule has 0 aliphatic carbocycles. The molecule has 0 aliphatic rings. The highest BCUT2D eigenvalue weighted by Crippen LogP contribution is 2.17. The van der Waals surface area contributed by atoms with E-state index in [0.717, 1.165) is 10.8 Å². The lowest BCUT2D eigenvalue weighted by molar-refractivity contribution is -0.140. The Morgan fingerprint density at radius 2 is 1.85 bits per heavy atom. The number of ether oxygens (including phenoxy) is 1. The molecule has 0 saturated carbocycles. The van der Waals surface area contributed by atoms with Crippen LogP contribution in [-0.4, -0.2) is 30.4 Å². The topological polar surface area (TPSA) is 43.4 Å². The predicted octanol–water partition coefficient (Wildman–Crippen LogP) is 3.32. The van der Waals surface area contributed by atoms with Gasteiger partial charge in [0.1, 0.15) is 0 Å². The van der Waals surface area contributed by atoms with Gasteiger partial charge in [0, 0.05) is 11.3 Å². The molecule has 2 aromatic carbocycles. The van der Waals surface area contributed by atoms with Gasteiger partial charge >= 0.3 is 5.97 Å². The molecule has 2 aromatic rings. The van der Waals surface area contributed by atoms with Gasteiger partial charge in [-0.2, -0.15) is 11.8 Å². The minimum atomic E-state index is -0.240. The lowest BCUT2D eigenvalue weighted by Crippen LogP contribution is -2.05. The molecule has 0 bridgehead atoms. The van der Waals surface area contributed by atoms with Crippen LogP contribution in [0, 0.1) is 0 Å². The first-order chi connectivity index (χ1) is 9.70. The van der Waals surface area contributed by atoms with Gasteiger partial charge < -0.3 is 4.74 Å². The lowest BCUT2D eigenvalue weighted by Gasteiger charge is -2.03. The quantitative estimate of drug-likeness (QED) is 0.464. The van der Waals surface area contributed by atoms with Crippen molar-refractivity contribution < 1.29 is 14.3 Å². The summed E-state index contributed by atoms with van der Waals surface area (Å²) in [6.07, 6.45) is 0.339. The Kier molecular flexibility index (Phi) is 5.18. The van der Waals surface area contributed by atoms with E-state index in [4.69, 9.17) is 0 Å². The number of esters is 1. The summed E-state index contributed by atoms with van der Waals surface area (Å²) in [7, 11) is 1.37. The average molecular weight is 288 g/mol. The van der Waals surface area contributed by atoms with Crippen LogP contribution >= 0.6 is 11.8 Å². The number of thioether (sulfide) groups is 1. The number of benzene rings is 2. The van der Waals surface area contributed by atoms with Crippen molar-refractivity contribution in [3.8, 4) is 0 Å².